The average molecular weight is 351 g/mol. The molecule has 0 N–H and O–H groups in total. The molecular formula is C21H22FN3O. The number of halogens is 1. The van der Waals surface area contributed by atoms with Gasteiger partial charge in [-0.1, -0.05) is 36.4 Å². The van der Waals surface area contributed by atoms with Gasteiger partial charge in [0.2, 0.25) is 5.91 Å². The van der Waals surface area contributed by atoms with Crippen LogP contribution in [0.4, 0.5) is 4.39 Å². The fourth-order valence-electron chi connectivity index (χ4n) is 3.86. The molecule has 0 spiro atoms. The van der Waals surface area contributed by atoms with E-state index >= 15 is 0 Å². The number of hydrogen-bond donors (Lipinski definition) is 0. The Morgan fingerprint density at radius 1 is 1.12 bits per heavy atom. The van der Waals surface area contributed by atoms with Crippen LogP contribution in [-0.2, 0) is 11.2 Å². The third-order valence-corrected chi connectivity index (χ3v) is 5.27. The topological polar surface area (TPSA) is 35.9 Å². The molecule has 4 rings (SSSR count). The van der Waals surface area contributed by atoms with Crippen LogP contribution in [0.25, 0.3) is 0 Å². The van der Waals surface area contributed by atoms with Crippen molar-refractivity contribution in [2.75, 3.05) is 13.7 Å². The van der Waals surface area contributed by atoms with Crippen molar-refractivity contribution >= 4 is 11.6 Å². The van der Waals surface area contributed by atoms with E-state index in [0.29, 0.717) is 25.6 Å². The van der Waals surface area contributed by atoms with Gasteiger partial charge in [0.05, 0.1) is 12.4 Å². The van der Waals surface area contributed by atoms with Crippen LogP contribution in [0.1, 0.15) is 42.0 Å². The maximum absolute atomic E-state index is 13.1. The molecule has 26 heavy (non-hydrogen) atoms. The zero-order valence-electron chi connectivity index (χ0n) is 14.9. The molecule has 1 aliphatic heterocycles. The quantitative estimate of drug-likeness (QED) is 0.841. The van der Waals surface area contributed by atoms with E-state index in [1.807, 2.05) is 7.05 Å². The molecule has 2 aromatic carbocycles. The highest BCUT2D eigenvalue weighted by Gasteiger charge is 2.29. The Morgan fingerprint density at radius 3 is 2.69 bits per heavy atom. The number of hydrogen-bond acceptors (Lipinski definition) is 3. The second-order valence-electron chi connectivity index (χ2n) is 7.00. The zero-order valence-corrected chi connectivity index (χ0v) is 14.9. The SMILES string of the molecule is CN(CN1N=C(c2ccc(F)cc2)CCC1=O)[C@H]1CCc2ccccc21. The summed E-state index contributed by atoms with van der Waals surface area (Å²) in [6, 6.07) is 15.1. The molecular weight excluding hydrogens is 329 g/mol. The van der Waals surface area contributed by atoms with Gasteiger partial charge in [0.25, 0.3) is 0 Å². The highest BCUT2D eigenvalue weighted by atomic mass is 19.1. The van der Waals surface area contributed by atoms with Gasteiger partial charge in [0.1, 0.15) is 5.82 Å². The molecule has 0 radical (unpaired) electrons. The van der Waals surface area contributed by atoms with Crippen LogP contribution in [0.5, 0.6) is 0 Å². The zero-order chi connectivity index (χ0) is 18.1. The number of rotatable bonds is 4. The van der Waals surface area contributed by atoms with Gasteiger partial charge >= 0.3 is 0 Å². The van der Waals surface area contributed by atoms with E-state index < -0.39 is 0 Å². The summed E-state index contributed by atoms with van der Waals surface area (Å²) in [7, 11) is 2.04. The lowest BCUT2D eigenvalue weighted by Gasteiger charge is -2.31. The molecule has 0 bridgehead atoms. The van der Waals surface area contributed by atoms with Crippen LogP contribution in [0, 0.1) is 5.82 Å². The second kappa shape index (κ2) is 7.00. The first-order chi connectivity index (χ1) is 12.6. The van der Waals surface area contributed by atoms with E-state index in [1.165, 1.54) is 23.3 Å². The summed E-state index contributed by atoms with van der Waals surface area (Å²) in [5.41, 5.74) is 4.45. The van der Waals surface area contributed by atoms with Gasteiger partial charge in [-0.15, -0.1) is 0 Å². The molecule has 4 nitrogen and oxygen atoms in total. The first-order valence-electron chi connectivity index (χ1n) is 9.03. The Labute approximate surface area is 152 Å². The van der Waals surface area contributed by atoms with Crippen LogP contribution in [0.15, 0.2) is 53.6 Å². The number of hydrazone groups is 1. The normalized spacial score (nSPS) is 19.7. The predicted octanol–water partition coefficient (Wildman–Crippen LogP) is 3.73. The molecule has 0 saturated carbocycles. The highest BCUT2D eigenvalue weighted by molar-refractivity contribution is 6.04. The van der Waals surface area contributed by atoms with Gasteiger partial charge in [0, 0.05) is 18.9 Å². The fraction of sp³-hybridized carbons (Fsp3) is 0.333. The van der Waals surface area contributed by atoms with Crippen molar-refractivity contribution in [2.24, 2.45) is 5.10 Å². The molecule has 0 fully saturated rings. The molecule has 1 heterocycles. The van der Waals surface area contributed by atoms with Crippen molar-refractivity contribution in [2.45, 2.75) is 31.7 Å². The molecule has 134 valence electrons. The summed E-state index contributed by atoms with van der Waals surface area (Å²) in [4.78, 5) is 14.5. The van der Waals surface area contributed by atoms with Crippen molar-refractivity contribution in [1.29, 1.82) is 0 Å². The van der Waals surface area contributed by atoms with Gasteiger partial charge in [0.15, 0.2) is 0 Å². The van der Waals surface area contributed by atoms with E-state index in [2.05, 4.69) is 34.3 Å². The maximum Gasteiger partial charge on any atom is 0.244 e. The number of fused-ring (bicyclic) bond motifs is 1. The average Bonchev–Trinajstić information content (AvgIpc) is 3.08. The Kier molecular flexibility index (Phi) is 4.55. The second-order valence-corrected chi connectivity index (χ2v) is 7.00. The molecule has 1 amide bonds. The number of carbonyl (C=O) groups excluding carboxylic acids is 1. The van der Waals surface area contributed by atoms with Crippen LogP contribution >= 0.6 is 0 Å². The number of benzene rings is 2. The van der Waals surface area contributed by atoms with E-state index in [-0.39, 0.29) is 11.7 Å². The van der Waals surface area contributed by atoms with E-state index in [1.54, 1.807) is 17.1 Å². The smallest absolute Gasteiger partial charge is 0.244 e. The molecule has 5 heteroatoms. The molecule has 0 unspecified atom stereocenters. The molecule has 0 saturated heterocycles. The monoisotopic (exact) mass is 351 g/mol. The summed E-state index contributed by atoms with van der Waals surface area (Å²) in [5.74, 6) is -0.230. The fourth-order valence-corrected chi connectivity index (χ4v) is 3.86. The molecule has 1 atom stereocenters. The highest BCUT2D eigenvalue weighted by Crippen LogP contribution is 2.35. The standard InChI is InChI=1S/C21H22FN3O/c1-24(20-12-8-15-4-2-3-5-18(15)20)14-25-21(26)13-11-19(23-25)16-6-9-17(22)10-7-16/h2-7,9-10,20H,8,11-14H2,1H3/t20-/m0/s1. The molecule has 2 aromatic rings. The minimum atomic E-state index is -0.266. The number of aryl methyl sites for hydroxylation is 1. The summed E-state index contributed by atoms with van der Waals surface area (Å²) in [6.07, 6.45) is 3.16. The Hall–Kier alpha value is -2.53. The number of nitrogens with zero attached hydrogens (tertiary/aromatic N) is 3. The molecule has 2 aliphatic rings. The summed E-state index contributed by atoms with van der Waals surface area (Å²) < 4.78 is 13.1. The van der Waals surface area contributed by atoms with Crippen LogP contribution in [-0.4, -0.2) is 35.2 Å². The van der Waals surface area contributed by atoms with E-state index in [9.17, 15) is 9.18 Å². The van der Waals surface area contributed by atoms with Crippen LogP contribution in [0.3, 0.4) is 0 Å². The van der Waals surface area contributed by atoms with Crippen molar-refractivity contribution in [3.05, 3.63) is 71.0 Å². The third-order valence-electron chi connectivity index (χ3n) is 5.27. The van der Waals surface area contributed by atoms with Gasteiger partial charge in [-0.2, -0.15) is 5.10 Å². The minimum Gasteiger partial charge on any atom is -0.280 e. The van der Waals surface area contributed by atoms with Gasteiger partial charge < -0.3 is 0 Å². The van der Waals surface area contributed by atoms with Gasteiger partial charge in [-0.05, 0) is 48.7 Å². The summed E-state index contributed by atoms with van der Waals surface area (Å²) in [6.45, 7) is 0.461. The number of amides is 1. The van der Waals surface area contributed by atoms with Gasteiger partial charge in [-0.25, -0.2) is 9.40 Å². The van der Waals surface area contributed by atoms with Crippen molar-refractivity contribution < 1.29 is 9.18 Å². The van der Waals surface area contributed by atoms with Crippen LogP contribution in [0.2, 0.25) is 0 Å². The molecule has 0 aromatic heterocycles. The summed E-state index contributed by atoms with van der Waals surface area (Å²) in [5, 5.41) is 6.13. The molecule has 1 aliphatic carbocycles. The Balaban J connectivity index is 1.52. The lowest BCUT2D eigenvalue weighted by molar-refractivity contribution is -0.134. The van der Waals surface area contributed by atoms with Gasteiger partial charge in [-0.3, -0.25) is 9.69 Å². The summed E-state index contributed by atoms with van der Waals surface area (Å²) >= 11 is 0. The Morgan fingerprint density at radius 2 is 1.88 bits per heavy atom. The van der Waals surface area contributed by atoms with E-state index in [0.717, 1.165) is 24.1 Å². The minimum absolute atomic E-state index is 0.0361. The Bertz CT molecular complexity index is 847. The van der Waals surface area contributed by atoms with Crippen molar-refractivity contribution in [3.8, 4) is 0 Å². The largest absolute Gasteiger partial charge is 0.280 e. The van der Waals surface area contributed by atoms with Crippen molar-refractivity contribution in [1.82, 2.24) is 9.91 Å². The number of carbonyl (C=O) groups is 1. The lowest BCUT2D eigenvalue weighted by atomic mass is 10.0. The maximum atomic E-state index is 13.1. The third kappa shape index (κ3) is 3.27. The first kappa shape index (κ1) is 16.9. The van der Waals surface area contributed by atoms with Crippen LogP contribution < -0.4 is 0 Å². The van der Waals surface area contributed by atoms with Crippen molar-refractivity contribution in [3.63, 3.8) is 0 Å². The first-order valence-corrected chi connectivity index (χ1v) is 9.03. The van der Waals surface area contributed by atoms with E-state index in [4.69, 9.17) is 0 Å². The predicted molar refractivity (Wildman–Crippen MR) is 99.2 cm³/mol. The lowest BCUT2D eigenvalue weighted by Crippen LogP contribution is -2.40.